The van der Waals surface area contributed by atoms with Gasteiger partial charge in [0.1, 0.15) is 11.6 Å². The van der Waals surface area contributed by atoms with Crippen molar-refractivity contribution >= 4 is 38.4 Å². The van der Waals surface area contributed by atoms with Crippen molar-refractivity contribution in [3.63, 3.8) is 0 Å². The first kappa shape index (κ1) is 13.1. The Morgan fingerprint density at radius 1 is 1.25 bits per heavy atom. The molecule has 3 rings (SSSR count). The number of phenolic OH excluding ortho intramolecular Hbond substituents is 1. The second kappa shape index (κ2) is 4.92. The summed E-state index contributed by atoms with van der Waals surface area (Å²) >= 11 is 9.26. The van der Waals surface area contributed by atoms with Crippen LogP contribution >= 0.6 is 27.5 Å². The first-order chi connectivity index (χ1) is 9.56. The van der Waals surface area contributed by atoms with Crippen LogP contribution in [0, 0.1) is 0 Å². The Morgan fingerprint density at radius 2 is 2.05 bits per heavy atom. The number of rotatable bonds is 1. The fourth-order valence-electron chi connectivity index (χ4n) is 1.92. The molecule has 4 nitrogen and oxygen atoms in total. The number of hydrogen-bond acceptors (Lipinski definition) is 3. The number of halogens is 2. The van der Waals surface area contributed by atoms with Gasteiger partial charge < -0.3 is 10.1 Å². The lowest BCUT2D eigenvalue weighted by atomic mass is 10.2. The normalized spacial score (nSPS) is 10.9. The summed E-state index contributed by atoms with van der Waals surface area (Å²) in [6, 6.07) is 9.96. The standard InChI is InChI=1S/C14H8BrClN2O2/c15-9-3-1-2-8-12(9)17-13(18-14(8)20)7-4-5-11(19)10(16)6-7/h1-6,19H,(H,17,18,20). The largest absolute Gasteiger partial charge is 0.506 e. The molecule has 0 saturated carbocycles. The number of benzene rings is 2. The van der Waals surface area contributed by atoms with E-state index in [1.165, 1.54) is 6.07 Å². The lowest BCUT2D eigenvalue weighted by Gasteiger charge is -2.05. The average Bonchev–Trinajstić information content (AvgIpc) is 2.43. The summed E-state index contributed by atoms with van der Waals surface area (Å²) in [6.07, 6.45) is 0. The van der Waals surface area contributed by atoms with Gasteiger partial charge in [-0.1, -0.05) is 17.7 Å². The van der Waals surface area contributed by atoms with E-state index < -0.39 is 0 Å². The fourth-order valence-corrected chi connectivity index (χ4v) is 2.55. The molecule has 1 aromatic heterocycles. The van der Waals surface area contributed by atoms with E-state index in [1.807, 2.05) is 6.07 Å². The van der Waals surface area contributed by atoms with Gasteiger partial charge in [0.2, 0.25) is 0 Å². The molecule has 100 valence electrons. The molecule has 0 spiro atoms. The number of H-pyrrole nitrogens is 1. The third kappa shape index (κ3) is 2.19. The van der Waals surface area contributed by atoms with Crippen molar-refractivity contribution in [2.45, 2.75) is 0 Å². The Morgan fingerprint density at radius 3 is 2.80 bits per heavy atom. The molecule has 2 aromatic carbocycles. The number of nitrogens with one attached hydrogen (secondary N) is 1. The van der Waals surface area contributed by atoms with Gasteiger partial charge in [0, 0.05) is 10.0 Å². The minimum Gasteiger partial charge on any atom is -0.506 e. The van der Waals surface area contributed by atoms with Crippen LogP contribution in [0.5, 0.6) is 5.75 Å². The zero-order chi connectivity index (χ0) is 14.3. The Bertz CT molecular complexity index is 877. The van der Waals surface area contributed by atoms with E-state index >= 15 is 0 Å². The molecule has 2 N–H and O–H groups in total. The Kier molecular flexibility index (Phi) is 3.23. The summed E-state index contributed by atoms with van der Waals surface area (Å²) in [5.41, 5.74) is 0.980. The maximum atomic E-state index is 12.1. The van der Waals surface area contributed by atoms with E-state index in [0.29, 0.717) is 22.3 Å². The SMILES string of the molecule is O=c1[nH]c(-c2ccc(O)c(Cl)c2)nc2c(Br)cccc12. The summed E-state index contributed by atoms with van der Waals surface area (Å²) < 4.78 is 0.743. The third-order valence-electron chi connectivity index (χ3n) is 2.91. The van der Waals surface area contributed by atoms with Crippen LogP contribution in [0.4, 0.5) is 0 Å². The summed E-state index contributed by atoms with van der Waals surface area (Å²) in [7, 11) is 0. The van der Waals surface area contributed by atoms with Crippen LogP contribution in [0.3, 0.4) is 0 Å². The Labute approximate surface area is 127 Å². The van der Waals surface area contributed by atoms with Crippen LogP contribution in [-0.4, -0.2) is 15.1 Å². The minimum atomic E-state index is -0.226. The van der Waals surface area contributed by atoms with E-state index in [4.69, 9.17) is 11.6 Å². The average molecular weight is 352 g/mol. The number of aromatic hydroxyl groups is 1. The van der Waals surface area contributed by atoms with Crippen molar-refractivity contribution in [1.82, 2.24) is 9.97 Å². The molecule has 6 heteroatoms. The highest BCUT2D eigenvalue weighted by Gasteiger charge is 2.09. The second-order valence-electron chi connectivity index (χ2n) is 4.22. The topological polar surface area (TPSA) is 66.0 Å². The molecular formula is C14H8BrClN2O2. The van der Waals surface area contributed by atoms with Crippen LogP contribution in [-0.2, 0) is 0 Å². The number of hydrogen-bond donors (Lipinski definition) is 2. The third-order valence-corrected chi connectivity index (χ3v) is 3.85. The maximum Gasteiger partial charge on any atom is 0.259 e. The molecule has 0 atom stereocenters. The second-order valence-corrected chi connectivity index (χ2v) is 5.48. The lowest BCUT2D eigenvalue weighted by Crippen LogP contribution is -2.09. The smallest absolute Gasteiger partial charge is 0.259 e. The van der Waals surface area contributed by atoms with Gasteiger partial charge >= 0.3 is 0 Å². The van der Waals surface area contributed by atoms with Crippen molar-refractivity contribution in [1.29, 1.82) is 0 Å². The number of aromatic nitrogens is 2. The molecular weight excluding hydrogens is 344 g/mol. The summed E-state index contributed by atoms with van der Waals surface area (Å²) in [6.45, 7) is 0. The monoisotopic (exact) mass is 350 g/mol. The lowest BCUT2D eigenvalue weighted by molar-refractivity contribution is 0.475. The highest BCUT2D eigenvalue weighted by atomic mass is 79.9. The van der Waals surface area contributed by atoms with Crippen LogP contribution in [0.2, 0.25) is 5.02 Å². The first-order valence-electron chi connectivity index (χ1n) is 5.73. The zero-order valence-corrected chi connectivity index (χ0v) is 12.4. The van der Waals surface area contributed by atoms with Gasteiger partial charge in [0.25, 0.3) is 5.56 Å². The van der Waals surface area contributed by atoms with Gasteiger partial charge in [-0.15, -0.1) is 0 Å². The quantitative estimate of drug-likeness (QED) is 0.702. The highest BCUT2D eigenvalue weighted by molar-refractivity contribution is 9.10. The van der Waals surface area contributed by atoms with Gasteiger partial charge in [-0.3, -0.25) is 4.79 Å². The maximum absolute atomic E-state index is 12.1. The van der Waals surface area contributed by atoms with Crippen molar-refractivity contribution < 1.29 is 5.11 Å². The molecule has 0 aliphatic heterocycles. The zero-order valence-electron chi connectivity index (χ0n) is 10.0. The van der Waals surface area contributed by atoms with E-state index in [1.54, 1.807) is 24.3 Å². The van der Waals surface area contributed by atoms with Crippen LogP contribution in [0.1, 0.15) is 0 Å². The molecule has 0 aliphatic carbocycles. The van der Waals surface area contributed by atoms with E-state index in [-0.39, 0.29) is 16.3 Å². The summed E-state index contributed by atoms with van der Waals surface area (Å²) in [5.74, 6) is 0.385. The van der Waals surface area contributed by atoms with Gasteiger partial charge in [0.05, 0.1) is 15.9 Å². The first-order valence-corrected chi connectivity index (χ1v) is 6.91. The van der Waals surface area contributed by atoms with Gasteiger partial charge in [-0.25, -0.2) is 4.98 Å². The molecule has 0 radical (unpaired) electrons. The van der Waals surface area contributed by atoms with Gasteiger partial charge in [0.15, 0.2) is 0 Å². The highest BCUT2D eigenvalue weighted by Crippen LogP contribution is 2.28. The molecule has 0 amide bonds. The predicted molar refractivity (Wildman–Crippen MR) is 82.2 cm³/mol. The molecule has 0 fully saturated rings. The fraction of sp³-hybridized carbons (Fsp3) is 0. The molecule has 3 aromatic rings. The Balaban J connectivity index is 2.29. The Hall–Kier alpha value is -1.85. The molecule has 1 heterocycles. The molecule has 0 unspecified atom stereocenters. The van der Waals surface area contributed by atoms with Gasteiger partial charge in [-0.2, -0.15) is 0 Å². The molecule has 20 heavy (non-hydrogen) atoms. The van der Waals surface area contributed by atoms with Crippen LogP contribution in [0.25, 0.3) is 22.3 Å². The van der Waals surface area contributed by atoms with Crippen LogP contribution < -0.4 is 5.56 Å². The molecule has 0 bridgehead atoms. The summed E-state index contributed by atoms with van der Waals surface area (Å²) in [4.78, 5) is 19.2. The number of fused-ring (bicyclic) bond motifs is 1. The van der Waals surface area contributed by atoms with E-state index in [0.717, 1.165) is 4.47 Å². The van der Waals surface area contributed by atoms with Crippen molar-refractivity contribution in [2.75, 3.05) is 0 Å². The van der Waals surface area contributed by atoms with E-state index in [2.05, 4.69) is 25.9 Å². The predicted octanol–water partition coefficient (Wildman–Crippen LogP) is 3.71. The number of nitrogens with zero attached hydrogens (tertiary/aromatic N) is 1. The molecule has 0 aliphatic rings. The van der Waals surface area contributed by atoms with Crippen LogP contribution in [0.15, 0.2) is 45.7 Å². The molecule has 0 saturated heterocycles. The van der Waals surface area contributed by atoms with E-state index in [9.17, 15) is 9.90 Å². The number of phenols is 1. The van der Waals surface area contributed by atoms with Crippen molar-refractivity contribution in [2.24, 2.45) is 0 Å². The van der Waals surface area contributed by atoms with Gasteiger partial charge in [-0.05, 0) is 46.3 Å². The summed E-state index contributed by atoms with van der Waals surface area (Å²) in [5, 5.41) is 10.1. The van der Waals surface area contributed by atoms with Crippen molar-refractivity contribution in [3.8, 4) is 17.1 Å². The number of para-hydroxylation sites is 1. The minimum absolute atomic E-state index is 0.0141. The number of aromatic amines is 1. The van der Waals surface area contributed by atoms with Crippen molar-refractivity contribution in [3.05, 3.63) is 56.2 Å².